The highest BCUT2D eigenvalue weighted by atomic mass is 16.4. The molecule has 1 aliphatic carbocycles. The Balaban J connectivity index is 1.85. The van der Waals surface area contributed by atoms with E-state index in [0.29, 0.717) is 11.8 Å². The van der Waals surface area contributed by atoms with E-state index in [2.05, 4.69) is 5.32 Å². The van der Waals surface area contributed by atoms with Gasteiger partial charge in [-0.3, -0.25) is 10.1 Å². The fourth-order valence-corrected chi connectivity index (χ4v) is 2.33. The SMILES string of the molecule is Cc1ccc(NC(=O)C2CCC(CO)CC2)o1. The highest BCUT2D eigenvalue weighted by Crippen LogP contribution is 2.29. The number of furan rings is 1. The molecule has 1 aliphatic rings. The van der Waals surface area contributed by atoms with Gasteiger partial charge in [0.15, 0.2) is 5.88 Å². The maximum Gasteiger partial charge on any atom is 0.229 e. The van der Waals surface area contributed by atoms with E-state index in [0.717, 1.165) is 31.4 Å². The largest absolute Gasteiger partial charge is 0.446 e. The topological polar surface area (TPSA) is 62.5 Å². The van der Waals surface area contributed by atoms with Crippen LogP contribution in [0.25, 0.3) is 0 Å². The van der Waals surface area contributed by atoms with Crippen LogP contribution in [-0.4, -0.2) is 17.6 Å². The summed E-state index contributed by atoms with van der Waals surface area (Å²) < 4.78 is 5.32. The number of anilines is 1. The zero-order chi connectivity index (χ0) is 12.3. The summed E-state index contributed by atoms with van der Waals surface area (Å²) in [5, 5.41) is 11.8. The van der Waals surface area contributed by atoms with Gasteiger partial charge in [-0.15, -0.1) is 0 Å². The summed E-state index contributed by atoms with van der Waals surface area (Å²) in [5.41, 5.74) is 0. The van der Waals surface area contributed by atoms with E-state index in [-0.39, 0.29) is 18.4 Å². The molecule has 1 amide bonds. The maximum atomic E-state index is 11.9. The summed E-state index contributed by atoms with van der Waals surface area (Å²) in [6.45, 7) is 2.09. The van der Waals surface area contributed by atoms with E-state index in [1.54, 1.807) is 6.07 Å². The Bertz CT molecular complexity index is 378. The van der Waals surface area contributed by atoms with Crippen molar-refractivity contribution in [2.75, 3.05) is 11.9 Å². The van der Waals surface area contributed by atoms with E-state index < -0.39 is 0 Å². The summed E-state index contributed by atoms with van der Waals surface area (Å²) in [4.78, 5) is 11.9. The smallest absolute Gasteiger partial charge is 0.229 e. The molecule has 0 aliphatic heterocycles. The van der Waals surface area contributed by atoms with E-state index >= 15 is 0 Å². The zero-order valence-electron chi connectivity index (χ0n) is 10.1. The van der Waals surface area contributed by atoms with Gasteiger partial charge in [-0.25, -0.2) is 0 Å². The molecule has 2 N–H and O–H groups in total. The number of amides is 1. The average molecular weight is 237 g/mol. The highest BCUT2D eigenvalue weighted by molar-refractivity contribution is 5.91. The molecule has 4 heteroatoms. The van der Waals surface area contributed by atoms with Gasteiger partial charge in [-0.05, 0) is 44.6 Å². The van der Waals surface area contributed by atoms with Crippen molar-refractivity contribution >= 4 is 11.8 Å². The molecule has 2 rings (SSSR count). The highest BCUT2D eigenvalue weighted by Gasteiger charge is 2.26. The number of aryl methyl sites for hydroxylation is 1. The van der Waals surface area contributed by atoms with E-state index in [1.807, 2.05) is 13.0 Å². The second-order valence-electron chi connectivity index (χ2n) is 4.80. The lowest BCUT2D eigenvalue weighted by Gasteiger charge is -2.26. The van der Waals surface area contributed by atoms with Gasteiger partial charge in [0, 0.05) is 18.6 Å². The summed E-state index contributed by atoms with van der Waals surface area (Å²) in [5.74, 6) is 1.80. The van der Waals surface area contributed by atoms with Crippen LogP contribution in [-0.2, 0) is 4.79 Å². The maximum absolute atomic E-state index is 11.9. The first-order valence-electron chi connectivity index (χ1n) is 6.17. The minimum absolute atomic E-state index is 0.0377. The van der Waals surface area contributed by atoms with Crippen LogP contribution in [0.1, 0.15) is 31.4 Å². The van der Waals surface area contributed by atoms with Crippen molar-refractivity contribution in [3.05, 3.63) is 17.9 Å². The van der Waals surface area contributed by atoms with E-state index in [9.17, 15) is 4.79 Å². The van der Waals surface area contributed by atoms with Gasteiger partial charge < -0.3 is 9.52 Å². The van der Waals surface area contributed by atoms with Crippen LogP contribution < -0.4 is 5.32 Å². The molecule has 17 heavy (non-hydrogen) atoms. The fourth-order valence-electron chi connectivity index (χ4n) is 2.33. The van der Waals surface area contributed by atoms with Gasteiger partial charge >= 0.3 is 0 Å². The van der Waals surface area contributed by atoms with Gasteiger partial charge in [-0.2, -0.15) is 0 Å². The lowest BCUT2D eigenvalue weighted by Crippen LogP contribution is -2.27. The third-order valence-electron chi connectivity index (χ3n) is 3.46. The lowest BCUT2D eigenvalue weighted by atomic mass is 9.82. The predicted octanol–water partition coefficient (Wildman–Crippen LogP) is 2.33. The molecule has 1 aromatic heterocycles. The Morgan fingerprint density at radius 1 is 1.41 bits per heavy atom. The number of carbonyl (C=O) groups excluding carboxylic acids is 1. The van der Waals surface area contributed by atoms with E-state index in [1.165, 1.54) is 0 Å². The third kappa shape index (κ3) is 3.09. The molecule has 1 fully saturated rings. The van der Waals surface area contributed by atoms with Crippen molar-refractivity contribution in [1.82, 2.24) is 0 Å². The predicted molar refractivity (Wildman–Crippen MR) is 64.6 cm³/mol. The third-order valence-corrected chi connectivity index (χ3v) is 3.46. The first kappa shape index (κ1) is 12.2. The number of aliphatic hydroxyl groups excluding tert-OH is 1. The van der Waals surface area contributed by atoms with Crippen LogP contribution in [0.5, 0.6) is 0 Å². The first-order valence-corrected chi connectivity index (χ1v) is 6.17. The number of aliphatic hydroxyl groups is 1. The van der Waals surface area contributed by atoms with Crippen molar-refractivity contribution in [3.8, 4) is 0 Å². The van der Waals surface area contributed by atoms with Crippen LogP contribution in [0.2, 0.25) is 0 Å². The number of nitrogens with one attached hydrogen (secondary N) is 1. The van der Waals surface area contributed by atoms with Gasteiger partial charge in [0.25, 0.3) is 0 Å². The standard InChI is InChI=1S/C13H19NO3/c1-9-2-7-12(17-9)14-13(16)11-5-3-10(8-15)4-6-11/h2,7,10-11,15H,3-6,8H2,1H3,(H,14,16). The lowest BCUT2D eigenvalue weighted by molar-refractivity contribution is -0.121. The number of carbonyl (C=O) groups is 1. The molecule has 1 heterocycles. The molecular weight excluding hydrogens is 218 g/mol. The van der Waals surface area contributed by atoms with Crippen LogP contribution in [0.4, 0.5) is 5.88 Å². The molecular formula is C13H19NO3. The van der Waals surface area contributed by atoms with Crippen molar-refractivity contribution in [2.24, 2.45) is 11.8 Å². The molecule has 0 bridgehead atoms. The second kappa shape index (κ2) is 5.36. The van der Waals surface area contributed by atoms with Crippen molar-refractivity contribution < 1.29 is 14.3 Å². The van der Waals surface area contributed by atoms with Gasteiger partial charge in [-0.1, -0.05) is 0 Å². The normalized spacial score (nSPS) is 24.6. The van der Waals surface area contributed by atoms with Gasteiger partial charge in [0.2, 0.25) is 5.91 Å². The zero-order valence-corrected chi connectivity index (χ0v) is 10.1. The first-order chi connectivity index (χ1) is 8.19. The summed E-state index contributed by atoms with van der Waals surface area (Å²) in [6.07, 6.45) is 3.59. The second-order valence-corrected chi connectivity index (χ2v) is 4.80. The van der Waals surface area contributed by atoms with Crippen LogP contribution in [0.3, 0.4) is 0 Å². The molecule has 0 unspecified atom stereocenters. The summed E-state index contributed by atoms with van der Waals surface area (Å²) in [6, 6.07) is 3.60. The van der Waals surface area contributed by atoms with Crippen molar-refractivity contribution in [3.63, 3.8) is 0 Å². The average Bonchev–Trinajstić information content (AvgIpc) is 2.75. The number of rotatable bonds is 3. The molecule has 1 aromatic rings. The molecule has 4 nitrogen and oxygen atoms in total. The Morgan fingerprint density at radius 2 is 2.12 bits per heavy atom. The Kier molecular flexibility index (Phi) is 3.84. The van der Waals surface area contributed by atoms with Crippen molar-refractivity contribution in [1.29, 1.82) is 0 Å². The number of hydrogen-bond acceptors (Lipinski definition) is 3. The Morgan fingerprint density at radius 3 is 2.65 bits per heavy atom. The fraction of sp³-hybridized carbons (Fsp3) is 0.615. The van der Waals surface area contributed by atoms with Crippen molar-refractivity contribution in [2.45, 2.75) is 32.6 Å². The number of hydrogen-bond donors (Lipinski definition) is 2. The molecule has 0 radical (unpaired) electrons. The summed E-state index contributed by atoms with van der Waals surface area (Å²) in [7, 11) is 0. The molecule has 0 spiro atoms. The Labute approximate surface area is 101 Å². The van der Waals surface area contributed by atoms with Crippen LogP contribution in [0, 0.1) is 18.8 Å². The Hall–Kier alpha value is -1.29. The monoisotopic (exact) mass is 237 g/mol. The van der Waals surface area contributed by atoms with E-state index in [4.69, 9.17) is 9.52 Å². The van der Waals surface area contributed by atoms with Gasteiger partial charge in [0.05, 0.1) is 0 Å². The quantitative estimate of drug-likeness (QED) is 0.848. The summed E-state index contributed by atoms with van der Waals surface area (Å²) >= 11 is 0. The van der Waals surface area contributed by atoms with Crippen LogP contribution in [0.15, 0.2) is 16.5 Å². The van der Waals surface area contributed by atoms with Crippen LogP contribution >= 0.6 is 0 Å². The molecule has 0 aromatic carbocycles. The van der Waals surface area contributed by atoms with Gasteiger partial charge in [0.1, 0.15) is 5.76 Å². The minimum Gasteiger partial charge on any atom is -0.446 e. The minimum atomic E-state index is 0.0377. The molecule has 0 atom stereocenters. The molecule has 1 saturated carbocycles. The molecule has 0 saturated heterocycles. The molecule has 94 valence electrons.